The minimum Gasteiger partial charge on any atom is -0.304 e. The molecule has 0 aliphatic carbocycles. The van der Waals surface area contributed by atoms with Crippen LogP contribution in [0.15, 0.2) is 0 Å². The van der Waals surface area contributed by atoms with Gasteiger partial charge >= 0.3 is 0 Å². The molecular formula is C2H2F2O. The Kier molecular flexibility index (Phi) is 0.395. The van der Waals surface area contributed by atoms with Gasteiger partial charge in [0.1, 0.15) is 0 Å². The van der Waals surface area contributed by atoms with Gasteiger partial charge in [-0.05, 0) is 0 Å². The van der Waals surface area contributed by atoms with E-state index in [-0.39, 0.29) is 0 Å². The minimum atomic E-state index is -1.62. The van der Waals surface area contributed by atoms with Crippen molar-refractivity contribution in [2.45, 2.75) is 12.7 Å². The lowest BCUT2D eigenvalue weighted by Crippen LogP contribution is -1.68. The van der Waals surface area contributed by atoms with Crippen molar-refractivity contribution in [3.63, 3.8) is 0 Å². The van der Waals surface area contributed by atoms with Crippen LogP contribution in [0.1, 0.15) is 0 Å². The van der Waals surface area contributed by atoms with Crippen molar-refractivity contribution in [3.05, 3.63) is 0 Å². The molecule has 30 valence electrons. The third-order valence-electron chi connectivity index (χ3n) is 0.389. The molecule has 0 aromatic heterocycles. The van der Waals surface area contributed by atoms with Crippen LogP contribution in [-0.2, 0) is 4.74 Å². The topological polar surface area (TPSA) is 12.5 Å². The summed E-state index contributed by atoms with van der Waals surface area (Å²) in [4.78, 5) is 0. The van der Waals surface area contributed by atoms with Crippen molar-refractivity contribution >= 4 is 0 Å². The highest BCUT2D eigenvalue weighted by atomic mass is 19.2. The van der Waals surface area contributed by atoms with E-state index in [4.69, 9.17) is 0 Å². The Hall–Kier alpha value is -0.180. The summed E-state index contributed by atoms with van der Waals surface area (Å²) >= 11 is 0. The first-order valence-corrected chi connectivity index (χ1v) is 1.24. The van der Waals surface area contributed by atoms with Gasteiger partial charge in [0.25, 0.3) is 12.7 Å². The first-order valence-electron chi connectivity index (χ1n) is 1.24. The summed E-state index contributed by atoms with van der Waals surface area (Å²) in [5, 5.41) is 0. The summed E-state index contributed by atoms with van der Waals surface area (Å²) in [5.74, 6) is 0. The molecule has 1 aliphatic rings. The van der Waals surface area contributed by atoms with Crippen molar-refractivity contribution in [2.75, 3.05) is 0 Å². The van der Waals surface area contributed by atoms with E-state index in [1.807, 2.05) is 0 Å². The third kappa shape index (κ3) is 0.374. The first-order chi connectivity index (χ1) is 2.30. The molecule has 2 atom stereocenters. The normalized spacial score (nSPS) is 49.2. The zero-order valence-corrected chi connectivity index (χ0v) is 2.32. The molecule has 0 spiro atoms. The van der Waals surface area contributed by atoms with Crippen molar-refractivity contribution in [2.24, 2.45) is 0 Å². The summed E-state index contributed by atoms with van der Waals surface area (Å²) in [6.45, 7) is 0. The van der Waals surface area contributed by atoms with Gasteiger partial charge in [-0.25, -0.2) is 8.78 Å². The fraction of sp³-hybridized carbons (Fsp3) is 1.00. The maximum Gasteiger partial charge on any atom is 0.258 e. The van der Waals surface area contributed by atoms with Crippen LogP contribution in [0.3, 0.4) is 0 Å². The van der Waals surface area contributed by atoms with Gasteiger partial charge in [-0.3, -0.25) is 0 Å². The highest BCUT2D eigenvalue weighted by Gasteiger charge is 2.39. The molecule has 0 bridgehead atoms. The van der Waals surface area contributed by atoms with E-state index >= 15 is 0 Å². The number of rotatable bonds is 0. The molecule has 0 aromatic carbocycles. The minimum absolute atomic E-state index is 1.62. The molecule has 1 rings (SSSR count). The first kappa shape index (κ1) is 3.03. The Morgan fingerprint density at radius 2 is 1.40 bits per heavy atom. The molecule has 0 unspecified atom stereocenters. The van der Waals surface area contributed by atoms with E-state index in [1.54, 1.807) is 0 Å². The van der Waals surface area contributed by atoms with Gasteiger partial charge < -0.3 is 4.74 Å². The van der Waals surface area contributed by atoms with Crippen molar-refractivity contribution in [3.8, 4) is 0 Å². The molecule has 1 heterocycles. The summed E-state index contributed by atoms with van der Waals surface area (Å²) in [6.07, 6.45) is -3.23. The van der Waals surface area contributed by atoms with E-state index in [1.165, 1.54) is 0 Å². The molecule has 0 radical (unpaired) electrons. The van der Waals surface area contributed by atoms with Crippen molar-refractivity contribution in [1.29, 1.82) is 0 Å². The standard InChI is InChI=1S/C2H2F2O/c3-1-2(4)5-1/h1-2H/t1-,2-/m0/s1. The third-order valence-corrected chi connectivity index (χ3v) is 0.389. The predicted octanol–water partition coefficient (Wildman–Crippen LogP) is 0.608. The van der Waals surface area contributed by atoms with Gasteiger partial charge in [0.15, 0.2) is 0 Å². The van der Waals surface area contributed by atoms with E-state index < -0.39 is 12.7 Å². The maximum absolute atomic E-state index is 10.9. The highest BCUT2D eigenvalue weighted by molar-refractivity contribution is 4.59. The Bertz CT molecular complexity index is 40.9. The average Bonchev–Trinajstić information content (AvgIpc) is 1.79. The van der Waals surface area contributed by atoms with Crippen LogP contribution in [-0.4, -0.2) is 12.7 Å². The van der Waals surface area contributed by atoms with Crippen molar-refractivity contribution in [1.82, 2.24) is 0 Å². The molecule has 1 aliphatic heterocycles. The molecule has 0 amide bonds. The Morgan fingerprint density at radius 3 is 1.40 bits per heavy atom. The lowest BCUT2D eigenvalue weighted by Gasteiger charge is -1.51. The highest BCUT2D eigenvalue weighted by Crippen LogP contribution is 2.22. The van der Waals surface area contributed by atoms with E-state index in [2.05, 4.69) is 4.74 Å². The second-order valence-corrected chi connectivity index (χ2v) is 0.838. The maximum atomic E-state index is 10.9. The van der Waals surface area contributed by atoms with Crippen molar-refractivity contribution < 1.29 is 13.5 Å². The van der Waals surface area contributed by atoms with Gasteiger partial charge in [0.2, 0.25) is 0 Å². The number of hydrogen-bond acceptors (Lipinski definition) is 1. The smallest absolute Gasteiger partial charge is 0.258 e. The van der Waals surface area contributed by atoms with Crippen LogP contribution < -0.4 is 0 Å². The van der Waals surface area contributed by atoms with E-state index in [0.29, 0.717) is 0 Å². The van der Waals surface area contributed by atoms with Gasteiger partial charge in [-0.15, -0.1) is 0 Å². The van der Waals surface area contributed by atoms with Crippen LogP contribution in [0.4, 0.5) is 8.78 Å². The van der Waals surface area contributed by atoms with E-state index in [0.717, 1.165) is 0 Å². The van der Waals surface area contributed by atoms with E-state index in [9.17, 15) is 8.78 Å². The Balaban J connectivity index is 2.20. The molecular weight excluding hydrogens is 78.0 g/mol. The quantitative estimate of drug-likeness (QED) is 0.388. The van der Waals surface area contributed by atoms with Crippen LogP contribution in [0.5, 0.6) is 0 Å². The number of epoxide rings is 1. The monoisotopic (exact) mass is 80.0 g/mol. The van der Waals surface area contributed by atoms with Gasteiger partial charge in [0.05, 0.1) is 0 Å². The van der Waals surface area contributed by atoms with Crippen LogP contribution >= 0.6 is 0 Å². The fourth-order valence-corrected chi connectivity index (χ4v) is 0.0788. The lowest BCUT2D eigenvalue weighted by atomic mass is 10.9. The summed E-state index contributed by atoms with van der Waals surface area (Å²) in [7, 11) is 0. The number of hydrogen-bond donors (Lipinski definition) is 0. The fourth-order valence-electron chi connectivity index (χ4n) is 0.0788. The van der Waals surface area contributed by atoms with Crippen LogP contribution in [0, 0.1) is 0 Å². The molecule has 1 fully saturated rings. The number of alkyl halides is 2. The van der Waals surface area contributed by atoms with Crippen LogP contribution in [0.25, 0.3) is 0 Å². The molecule has 1 nitrogen and oxygen atoms in total. The Morgan fingerprint density at radius 1 is 1.20 bits per heavy atom. The lowest BCUT2D eigenvalue weighted by molar-refractivity contribution is 0.235. The zero-order valence-electron chi connectivity index (χ0n) is 2.32. The molecule has 1 saturated heterocycles. The Labute approximate surface area is 27.5 Å². The van der Waals surface area contributed by atoms with Gasteiger partial charge in [0, 0.05) is 0 Å². The summed E-state index contributed by atoms with van der Waals surface area (Å²) in [6, 6.07) is 0. The second kappa shape index (κ2) is 0.653. The summed E-state index contributed by atoms with van der Waals surface area (Å²) in [5.41, 5.74) is 0. The van der Waals surface area contributed by atoms with Gasteiger partial charge in [-0.1, -0.05) is 0 Å². The largest absolute Gasteiger partial charge is 0.304 e. The van der Waals surface area contributed by atoms with Gasteiger partial charge in [-0.2, -0.15) is 0 Å². The number of halogens is 2. The zero-order chi connectivity index (χ0) is 3.86. The molecule has 3 heteroatoms. The predicted molar refractivity (Wildman–Crippen MR) is 10.9 cm³/mol. The molecule has 0 N–H and O–H groups in total. The molecule has 0 saturated carbocycles. The molecule has 0 aromatic rings. The molecule has 5 heavy (non-hydrogen) atoms. The average molecular weight is 80.0 g/mol. The second-order valence-electron chi connectivity index (χ2n) is 0.838. The number of ether oxygens (including phenoxy) is 1. The van der Waals surface area contributed by atoms with Crippen LogP contribution in [0.2, 0.25) is 0 Å². The summed E-state index contributed by atoms with van der Waals surface area (Å²) < 4.78 is 25.4. The SMILES string of the molecule is F[C@H]1O[C@@H]1F.